The van der Waals surface area contributed by atoms with Crippen LogP contribution < -0.4 is 10.1 Å². The van der Waals surface area contributed by atoms with Crippen LogP contribution in [-0.2, 0) is 13.1 Å². The number of benzene rings is 1. The predicted octanol–water partition coefficient (Wildman–Crippen LogP) is 4.12. The zero-order valence-corrected chi connectivity index (χ0v) is 17.9. The van der Waals surface area contributed by atoms with Crippen LogP contribution in [0.3, 0.4) is 0 Å². The van der Waals surface area contributed by atoms with Crippen LogP contribution in [-0.4, -0.2) is 35.5 Å². The molecule has 1 N–H and O–H groups in total. The highest BCUT2D eigenvalue weighted by atomic mass is 16.5. The summed E-state index contributed by atoms with van der Waals surface area (Å²) in [6, 6.07) is 8.32. The minimum Gasteiger partial charge on any atom is -0.496 e. The van der Waals surface area contributed by atoms with Gasteiger partial charge in [0.1, 0.15) is 12.0 Å². The van der Waals surface area contributed by atoms with Gasteiger partial charge in [-0.2, -0.15) is 0 Å². The summed E-state index contributed by atoms with van der Waals surface area (Å²) in [5, 5.41) is 2.87. The first-order valence-electron chi connectivity index (χ1n) is 9.90. The number of aromatic nitrogens is 1. The molecule has 6 heteroatoms. The Hall–Kier alpha value is -2.34. The lowest BCUT2D eigenvalue weighted by Gasteiger charge is -2.31. The third kappa shape index (κ3) is 6.09. The maximum absolute atomic E-state index is 12.2. The molecule has 154 valence electrons. The third-order valence-electron chi connectivity index (χ3n) is 4.90. The summed E-state index contributed by atoms with van der Waals surface area (Å²) in [6.45, 7) is 12.5. The number of rotatable bonds is 10. The number of amides is 1. The van der Waals surface area contributed by atoms with Crippen molar-refractivity contribution in [1.29, 1.82) is 0 Å². The molecule has 1 amide bonds. The van der Waals surface area contributed by atoms with E-state index < -0.39 is 0 Å². The Balaban J connectivity index is 2.14. The summed E-state index contributed by atoms with van der Waals surface area (Å²) in [7, 11) is 1.69. The number of ether oxygens (including phenoxy) is 1. The van der Waals surface area contributed by atoms with Gasteiger partial charge in [-0.1, -0.05) is 45.9 Å². The lowest BCUT2D eigenvalue weighted by Crippen LogP contribution is -2.36. The van der Waals surface area contributed by atoms with Crippen molar-refractivity contribution in [3.8, 4) is 5.75 Å². The minimum atomic E-state index is -0.197. The van der Waals surface area contributed by atoms with Gasteiger partial charge < -0.3 is 14.5 Å². The van der Waals surface area contributed by atoms with E-state index in [0.717, 1.165) is 11.3 Å². The summed E-state index contributed by atoms with van der Waals surface area (Å²) < 4.78 is 11.1. The van der Waals surface area contributed by atoms with Crippen molar-refractivity contribution in [3.63, 3.8) is 0 Å². The number of carbonyl (C=O) groups is 1. The van der Waals surface area contributed by atoms with Crippen molar-refractivity contribution >= 4 is 5.91 Å². The molecule has 6 nitrogen and oxygen atoms in total. The zero-order chi connectivity index (χ0) is 20.7. The van der Waals surface area contributed by atoms with Crippen molar-refractivity contribution in [3.05, 3.63) is 47.7 Å². The predicted molar refractivity (Wildman–Crippen MR) is 110 cm³/mol. The number of para-hydroxylation sites is 1. The quantitative estimate of drug-likeness (QED) is 0.664. The molecule has 2 aromatic rings. The van der Waals surface area contributed by atoms with E-state index in [1.807, 2.05) is 18.2 Å². The van der Waals surface area contributed by atoms with Crippen LogP contribution in [0, 0.1) is 11.8 Å². The molecule has 1 aromatic carbocycles. The molecule has 0 saturated heterocycles. The van der Waals surface area contributed by atoms with Crippen molar-refractivity contribution in [1.82, 2.24) is 15.2 Å². The number of oxazole rings is 1. The number of carbonyl (C=O) groups excluding carboxylic acids is 1. The number of methoxy groups -OCH3 is 1. The van der Waals surface area contributed by atoms with E-state index in [2.05, 4.69) is 55.9 Å². The molecule has 0 unspecified atom stereocenters. The van der Waals surface area contributed by atoms with Crippen LogP contribution >= 0.6 is 0 Å². The second kappa shape index (κ2) is 10.3. The third-order valence-corrected chi connectivity index (χ3v) is 4.90. The summed E-state index contributed by atoms with van der Waals surface area (Å²) >= 11 is 0. The van der Waals surface area contributed by atoms with Gasteiger partial charge in [0.15, 0.2) is 5.69 Å². The number of nitrogens with zero attached hydrogens (tertiary/aromatic N) is 2. The van der Waals surface area contributed by atoms with Crippen molar-refractivity contribution in [2.24, 2.45) is 11.8 Å². The largest absolute Gasteiger partial charge is 0.496 e. The first kappa shape index (κ1) is 22.0. The molecule has 0 aliphatic carbocycles. The lowest BCUT2D eigenvalue weighted by atomic mass is 10.0. The minimum absolute atomic E-state index is 0.197. The fourth-order valence-electron chi connectivity index (χ4n) is 2.87. The standard InChI is InChI=1S/C22H33N3O3/c1-15(2)11-23-22(26)19-14-28-21(24-19)13-25(17(5)16(3)4)12-18-9-7-8-10-20(18)27-6/h7-10,14-17H,11-13H2,1-6H3,(H,23,26)/t17-/m0/s1. The molecule has 1 aromatic heterocycles. The summed E-state index contributed by atoms with van der Waals surface area (Å²) in [5.41, 5.74) is 1.43. The Morgan fingerprint density at radius 1 is 1.18 bits per heavy atom. The van der Waals surface area contributed by atoms with Gasteiger partial charge in [0, 0.05) is 24.7 Å². The molecule has 0 aliphatic rings. The summed E-state index contributed by atoms with van der Waals surface area (Å²) in [4.78, 5) is 18.9. The van der Waals surface area contributed by atoms with Gasteiger partial charge in [-0.05, 0) is 24.8 Å². The van der Waals surface area contributed by atoms with Gasteiger partial charge in [0.05, 0.1) is 13.7 Å². The molecule has 0 aliphatic heterocycles. The number of hydrogen-bond donors (Lipinski definition) is 1. The second-order valence-electron chi connectivity index (χ2n) is 7.93. The van der Waals surface area contributed by atoms with Gasteiger partial charge in [0.2, 0.25) is 5.89 Å². The van der Waals surface area contributed by atoms with Gasteiger partial charge in [-0.15, -0.1) is 0 Å². The molecule has 0 radical (unpaired) electrons. The molecule has 0 spiro atoms. The Kier molecular flexibility index (Phi) is 8.05. The summed E-state index contributed by atoms with van der Waals surface area (Å²) in [6.07, 6.45) is 1.44. The maximum Gasteiger partial charge on any atom is 0.273 e. The molecule has 0 bridgehead atoms. The van der Waals surface area contributed by atoms with Crippen LogP contribution in [0.15, 0.2) is 34.9 Å². The van der Waals surface area contributed by atoms with Gasteiger partial charge in [-0.25, -0.2) is 4.98 Å². The number of hydrogen-bond acceptors (Lipinski definition) is 5. The van der Waals surface area contributed by atoms with E-state index in [1.165, 1.54) is 6.26 Å². The van der Waals surface area contributed by atoms with Crippen molar-refractivity contribution < 1.29 is 13.9 Å². The average molecular weight is 388 g/mol. The molecule has 28 heavy (non-hydrogen) atoms. The highest BCUT2D eigenvalue weighted by Gasteiger charge is 2.22. The molecule has 0 fully saturated rings. The van der Waals surface area contributed by atoms with E-state index in [4.69, 9.17) is 9.15 Å². The van der Waals surface area contributed by atoms with Crippen LogP contribution in [0.25, 0.3) is 0 Å². The van der Waals surface area contributed by atoms with E-state index in [-0.39, 0.29) is 5.91 Å². The Bertz CT molecular complexity index is 755. The van der Waals surface area contributed by atoms with Gasteiger partial charge >= 0.3 is 0 Å². The Morgan fingerprint density at radius 3 is 2.54 bits per heavy atom. The Labute approximate surface area is 168 Å². The number of nitrogens with one attached hydrogen (secondary N) is 1. The molecule has 2 rings (SSSR count). The van der Waals surface area contributed by atoms with Crippen LogP contribution in [0.1, 0.15) is 56.6 Å². The first-order chi connectivity index (χ1) is 13.3. The van der Waals surface area contributed by atoms with E-state index >= 15 is 0 Å². The van der Waals surface area contributed by atoms with Crippen LogP contribution in [0.2, 0.25) is 0 Å². The maximum atomic E-state index is 12.2. The van der Waals surface area contributed by atoms with E-state index in [9.17, 15) is 4.79 Å². The second-order valence-corrected chi connectivity index (χ2v) is 7.93. The molecule has 1 heterocycles. The molecule has 0 saturated carbocycles. The van der Waals surface area contributed by atoms with E-state index in [1.54, 1.807) is 7.11 Å². The molecular formula is C22H33N3O3. The van der Waals surface area contributed by atoms with E-state index in [0.29, 0.717) is 49.1 Å². The SMILES string of the molecule is COc1ccccc1CN(Cc1nc(C(=O)NCC(C)C)co1)[C@@H](C)C(C)C. The van der Waals surface area contributed by atoms with Crippen molar-refractivity contribution in [2.45, 2.75) is 53.8 Å². The van der Waals surface area contributed by atoms with Gasteiger partial charge in [-0.3, -0.25) is 9.69 Å². The van der Waals surface area contributed by atoms with Crippen molar-refractivity contribution in [2.75, 3.05) is 13.7 Å². The molecular weight excluding hydrogens is 354 g/mol. The summed E-state index contributed by atoms with van der Waals surface area (Å²) in [5.74, 6) is 2.05. The zero-order valence-electron chi connectivity index (χ0n) is 17.9. The highest BCUT2D eigenvalue weighted by molar-refractivity contribution is 5.91. The van der Waals surface area contributed by atoms with Gasteiger partial charge in [0.25, 0.3) is 5.91 Å². The van der Waals surface area contributed by atoms with Crippen LogP contribution in [0.4, 0.5) is 0 Å². The fraction of sp³-hybridized carbons (Fsp3) is 0.545. The topological polar surface area (TPSA) is 67.6 Å². The fourth-order valence-corrected chi connectivity index (χ4v) is 2.87. The Morgan fingerprint density at radius 2 is 1.89 bits per heavy atom. The lowest BCUT2D eigenvalue weighted by molar-refractivity contribution is 0.0943. The smallest absolute Gasteiger partial charge is 0.273 e. The highest BCUT2D eigenvalue weighted by Crippen LogP contribution is 2.23. The normalized spacial score (nSPS) is 12.6. The average Bonchev–Trinajstić information content (AvgIpc) is 3.13. The molecule has 1 atom stereocenters. The monoisotopic (exact) mass is 387 g/mol. The first-order valence-corrected chi connectivity index (χ1v) is 9.90. The van der Waals surface area contributed by atoms with Crippen LogP contribution in [0.5, 0.6) is 5.75 Å².